The van der Waals surface area contributed by atoms with Gasteiger partial charge in [0.15, 0.2) is 5.96 Å². The van der Waals surface area contributed by atoms with Crippen LogP contribution in [0.1, 0.15) is 13.8 Å². The molecule has 0 bridgehead atoms. The summed E-state index contributed by atoms with van der Waals surface area (Å²) in [5.74, 6) is 0.998. The van der Waals surface area contributed by atoms with Crippen molar-refractivity contribution in [1.29, 1.82) is 0 Å². The van der Waals surface area contributed by atoms with E-state index in [1.807, 2.05) is 4.90 Å². The van der Waals surface area contributed by atoms with E-state index >= 15 is 0 Å². The number of rotatable bonds is 3. The van der Waals surface area contributed by atoms with Gasteiger partial charge in [-0.2, -0.15) is 4.31 Å². The van der Waals surface area contributed by atoms with E-state index in [0.29, 0.717) is 44.6 Å². The number of aliphatic imine (C=N–C) groups is 1. The summed E-state index contributed by atoms with van der Waals surface area (Å²) in [7, 11) is -3.07. The maximum atomic E-state index is 11.3. The molecule has 6 nitrogen and oxygen atoms in total. The standard InChI is InChI=1S/C10H22N4O2S/c1-9(2)8-12-10(11)13-4-6-14(7-5-13)17(3,15)16/h9H,4-8H2,1-3H3,(H2,11,12). The van der Waals surface area contributed by atoms with E-state index in [2.05, 4.69) is 18.8 Å². The summed E-state index contributed by atoms with van der Waals surface area (Å²) in [5, 5.41) is 0. The first-order valence-electron chi connectivity index (χ1n) is 5.80. The van der Waals surface area contributed by atoms with Crippen LogP contribution in [-0.4, -0.2) is 62.6 Å². The van der Waals surface area contributed by atoms with Gasteiger partial charge in [0, 0.05) is 32.7 Å². The highest BCUT2D eigenvalue weighted by Gasteiger charge is 2.23. The van der Waals surface area contributed by atoms with Crippen LogP contribution in [0.25, 0.3) is 0 Å². The summed E-state index contributed by atoms with van der Waals surface area (Å²) in [6.07, 6.45) is 1.23. The van der Waals surface area contributed by atoms with Crippen molar-refractivity contribution in [1.82, 2.24) is 9.21 Å². The SMILES string of the molecule is CC(C)CN=C(N)N1CCN(S(C)(=O)=O)CC1. The maximum absolute atomic E-state index is 11.3. The second-order valence-electron chi connectivity index (χ2n) is 4.74. The Hall–Kier alpha value is -0.820. The molecule has 1 rings (SSSR count). The fraction of sp³-hybridized carbons (Fsp3) is 0.900. The monoisotopic (exact) mass is 262 g/mol. The Morgan fingerprint density at radius 3 is 2.24 bits per heavy atom. The van der Waals surface area contributed by atoms with Crippen molar-refractivity contribution in [2.75, 3.05) is 39.0 Å². The third-order valence-electron chi connectivity index (χ3n) is 2.65. The summed E-state index contributed by atoms with van der Waals surface area (Å²) in [5.41, 5.74) is 5.86. The maximum Gasteiger partial charge on any atom is 0.211 e. The summed E-state index contributed by atoms with van der Waals surface area (Å²) >= 11 is 0. The van der Waals surface area contributed by atoms with E-state index in [9.17, 15) is 8.42 Å². The van der Waals surface area contributed by atoms with Gasteiger partial charge in [-0.3, -0.25) is 4.99 Å². The van der Waals surface area contributed by atoms with Crippen LogP contribution in [0.15, 0.2) is 4.99 Å². The van der Waals surface area contributed by atoms with Gasteiger partial charge in [0.2, 0.25) is 10.0 Å². The molecule has 1 fully saturated rings. The predicted molar refractivity (Wildman–Crippen MR) is 69.3 cm³/mol. The largest absolute Gasteiger partial charge is 0.370 e. The second kappa shape index (κ2) is 5.68. The van der Waals surface area contributed by atoms with Gasteiger partial charge < -0.3 is 10.6 Å². The molecule has 0 unspecified atom stereocenters. The van der Waals surface area contributed by atoms with Crippen LogP contribution in [0.4, 0.5) is 0 Å². The molecule has 0 aromatic rings. The number of guanidine groups is 1. The number of nitrogens with two attached hydrogens (primary N) is 1. The van der Waals surface area contributed by atoms with Crippen molar-refractivity contribution in [2.45, 2.75) is 13.8 Å². The second-order valence-corrected chi connectivity index (χ2v) is 6.72. The van der Waals surface area contributed by atoms with Crippen LogP contribution in [-0.2, 0) is 10.0 Å². The van der Waals surface area contributed by atoms with Crippen molar-refractivity contribution >= 4 is 16.0 Å². The van der Waals surface area contributed by atoms with Gasteiger partial charge in [-0.1, -0.05) is 13.8 Å². The zero-order chi connectivity index (χ0) is 13.1. The fourth-order valence-electron chi connectivity index (χ4n) is 1.62. The van der Waals surface area contributed by atoms with Crippen LogP contribution < -0.4 is 5.73 Å². The highest BCUT2D eigenvalue weighted by Crippen LogP contribution is 2.05. The lowest BCUT2D eigenvalue weighted by molar-refractivity contribution is 0.264. The van der Waals surface area contributed by atoms with Crippen LogP contribution in [0, 0.1) is 5.92 Å². The minimum Gasteiger partial charge on any atom is -0.370 e. The van der Waals surface area contributed by atoms with E-state index in [1.165, 1.54) is 10.6 Å². The predicted octanol–water partition coefficient (Wildman–Crippen LogP) is -0.466. The van der Waals surface area contributed by atoms with Crippen LogP contribution in [0.5, 0.6) is 0 Å². The summed E-state index contributed by atoms with van der Waals surface area (Å²) in [6.45, 7) is 7.06. The molecule has 0 amide bonds. The van der Waals surface area contributed by atoms with Crippen LogP contribution in [0.3, 0.4) is 0 Å². The zero-order valence-electron chi connectivity index (χ0n) is 10.8. The summed E-state index contributed by atoms with van der Waals surface area (Å²) < 4.78 is 24.1. The molecule has 0 aromatic heterocycles. The van der Waals surface area contributed by atoms with Crippen LogP contribution >= 0.6 is 0 Å². The molecular formula is C10H22N4O2S. The molecule has 0 radical (unpaired) electrons. The Labute approximate surface area is 104 Å². The van der Waals surface area contributed by atoms with Crippen molar-refractivity contribution in [3.63, 3.8) is 0 Å². The molecule has 2 N–H and O–H groups in total. The topological polar surface area (TPSA) is 79.0 Å². The molecule has 17 heavy (non-hydrogen) atoms. The molecule has 0 spiro atoms. The van der Waals surface area contributed by atoms with Crippen molar-refractivity contribution in [2.24, 2.45) is 16.6 Å². The fourth-order valence-corrected chi connectivity index (χ4v) is 2.45. The molecule has 1 aliphatic rings. The normalized spacial score (nSPS) is 20.0. The molecule has 1 saturated heterocycles. The molecular weight excluding hydrogens is 240 g/mol. The first-order chi connectivity index (χ1) is 7.80. The average molecular weight is 262 g/mol. The Bertz CT molecular complexity index is 370. The zero-order valence-corrected chi connectivity index (χ0v) is 11.6. The molecule has 0 atom stereocenters. The number of hydrogen-bond donors (Lipinski definition) is 1. The molecule has 1 aliphatic heterocycles. The lowest BCUT2D eigenvalue weighted by atomic mass is 10.2. The van der Waals surface area contributed by atoms with Gasteiger partial charge >= 0.3 is 0 Å². The number of piperazine rings is 1. The van der Waals surface area contributed by atoms with Crippen molar-refractivity contribution < 1.29 is 8.42 Å². The molecule has 0 saturated carbocycles. The quantitative estimate of drug-likeness (QED) is 0.551. The van der Waals surface area contributed by atoms with Gasteiger partial charge in [-0.05, 0) is 5.92 Å². The minimum absolute atomic E-state index is 0.478. The highest BCUT2D eigenvalue weighted by atomic mass is 32.2. The van der Waals surface area contributed by atoms with Gasteiger partial charge in [0.05, 0.1) is 6.26 Å². The average Bonchev–Trinajstić information content (AvgIpc) is 2.25. The molecule has 0 aliphatic carbocycles. The molecule has 0 aromatic carbocycles. The number of hydrogen-bond acceptors (Lipinski definition) is 3. The van der Waals surface area contributed by atoms with Gasteiger partial charge in [0.25, 0.3) is 0 Å². The lowest BCUT2D eigenvalue weighted by Crippen LogP contribution is -2.52. The minimum atomic E-state index is -3.07. The summed E-state index contributed by atoms with van der Waals surface area (Å²) in [4.78, 5) is 6.22. The Morgan fingerprint density at radius 1 is 1.29 bits per heavy atom. The Kier molecular flexibility index (Phi) is 4.76. The first-order valence-corrected chi connectivity index (χ1v) is 7.65. The first kappa shape index (κ1) is 14.2. The Balaban J connectivity index is 2.49. The highest BCUT2D eigenvalue weighted by molar-refractivity contribution is 7.88. The van der Waals surface area contributed by atoms with E-state index in [0.717, 1.165) is 0 Å². The molecule has 1 heterocycles. The third-order valence-corrected chi connectivity index (χ3v) is 3.95. The van der Waals surface area contributed by atoms with Crippen molar-refractivity contribution in [3.8, 4) is 0 Å². The van der Waals surface area contributed by atoms with Crippen LogP contribution in [0.2, 0.25) is 0 Å². The smallest absolute Gasteiger partial charge is 0.211 e. The van der Waals surface area contributed by atoms with E-state index < -0.39 is 10.0 Å². The third kappa shape index (κ3) is 4.51. The molecule has 100 valence electrons. The summed E-state index contributed by atoms with van der Waals surface area (Å²) in [6, 6.07) is 0. The molecule has 7 heteroatoms. The van der Waals surface area contributed by atoms with E-state index in [1.54, 1.807) is 0 Å². The Morgan fingerprint density at radius 2 is 1.82 bits per heavy atom. The number of sulfonamides is 1. The van der Waals surface area contributed by atoms with Crippen molar-refractivity contribution in [3.05, 3.63) is 0 Å². The van der Waals surface area contributed by atoms with Gasteiger partial charge in [0.1, 0.15) is 0 Å². The number of nitrogens with zero attached hydrogens (tertiary/aromatic N) is 3. The van der Waals surface area contributed by atoms with Gasteiger partial charge in [-0.15, -0.1) is 0 Å². The van der Waals surface area contributed by atoms with E-state index in [-0.39, 0.29) is 0 Å². The van der Waals surface area contributed by atoms with Gasteiger partial charge in [-0.25, -0.2) is 8.42 Å². The lowest BCUT2D eigenvalue weighted by Gasteiger charge is -2.33. The van der Waals surface area contributed by atoms with E-state index in [4.69, 9.17) is 5.73 Å².